The molecular formula is C22H30N2O4S. The quantitative estimate of drug-likeness (QED) is 0.641. The molecule has 0 fully saturated rings. The van der Waals surface area contributed by atoms with E-state index in [0.717, 1.165) is 11.8 Å². The minimum Gasteiger partial charge on any atom is -0.495 e. The average Bonchev–Trinajstić information content (AvgIpc) is 2.69. The summed E-state index contributed by atoms with van der Waals surface area (Å²) in [6.07, 6.45) is 1.83. The Morgan fingerprint density at radius 1 is 1.17 bits per heavy atom. The number of hydrogen-bond acceptors (Lipinski definition) is 4. The molecule has 7 heteroatoms. The number of carbonyl (C=O) groups is 1. The highest BCUT2D eigenvalue weighted by molar-refractivity contribution is 7.92. The Balaban J connectivity index is 1.94. The Bertz CT molecular complexity index is 914. The SMILES string of the molecule is COc1ccc(C)cc1N(CCCC(=O)NC[C@@H](C)c1ccccc1)S(C)(=O)=O. The van der Waals surface area contributed by atoms with Crippen LogP contribution in [-0.4, -0.2) is 40.8 Å². The molecule has 6 nitrogen and oxygen atoms in total. The Morgan fingerprint density at radius 2 is 1.86 bits per heavy atom. The van der Waals surface area contributed by atoms with Gasteiger partial charge in [0.15, 0.2) is 0 Å². The number of hydrogen-bond donors (Lipinski definition) is 1. The van der Waals surface area contributed by atoms with E-state index in [-0.39, 0.29) is 24.8 Å². The van der Waals surface area contributed by atoms with Crippen molar-refractivity contribution < 1.29 is 17.9 Å². The largest absolute Gasteiger partial charge is 0.495 e. The van der Waals surface area contributed by atoms with Crippen molar-refractivity contribution in [3.05, 3.63) is 59.7 Å². The van der Waals surface area contributed by atoms with E-state index in [4.69, 9.17) is 4.74 Å². The number of amides is 1. The van der Waals surface area contributed by atoms with Crippen LogP contribution >= 0.6 is 0 Å². The zero-order valence-corrected chi connectivity index (χ0v) is 18.3. The zero-order chi connectivity index (χ0) is 21.4. The molecule has 1 amide bonds. The van der Waals surface area contributed by atoms with Gasteiger partial charge >= 0.3 is 0 Å². The molecule has 2 rings (SSSR count). The molecule has 0 bridgehead atoms. The van der Waals surface area contributed by atoms with Gasteiger partial charge in [-0.3, -0.25) is 9.10 Å². The van der Waals surface area contributed by atoms with E-state index < -0.39 is 10.0 Å². The predicted octanol–water partition coefficient (Wildman–Crippen LogP) is 3.47. The number of nitrogens with one attached hydrogen (secondary N) is 1. The van der Waals surface area contributed by atoms with Gasteiger partial charge < -0.3 is 10.1 Å². The van der Waals surface area contributed by atoms with E-state index >= 15 is 0 Å². The smallest absolute Gasteiger partial charge is 0.232 e. The van der Waals surface area contributed by atoms with Crippen LogP contribution in [0.4, 0.5) is 5.69 Å². The van der Waals surface area contributed by atoms with E-state index in [1.807, 2.05) is 43.3 Å². The van der Waals surface area contributed by atoms with Crippen LogP contribution < -0.4 is 14.4 Å². The van der Waals surface area contributed by atoms with E-state index in [1.165, 1.54) is 17.0 Å². The molecule has 2 aromatic carbocycles. The zero-order valence-electron chi connectivity index (χ0n) is 17.5. The van der Waals surface area contributed by atoms with E-state index in [9.17, 15) is 13.2 Å². The number of sulfonamides is 1. The van der Waals surface area contributed by atoms with Gasteiger partial charge in [0.05, 0.1) is 19.1 Å². The highest BCUT2D eigenvalue weighted by Gasteiger charge is 2.21. The molecule has 0 aromatic heterocycles. The number of rotatable bonds is 10. The Morgan fingerprint density at radius 3 is 2.48 bits per heavy atom. The summed E-state index contributed by atoms with van der Waals surface area (Å²) in [7, 11) is -2.00. The fraction of sp³-hybridized carbons (Fsp3) is 0.409. The van der Waals surface area contributed by atoms with Crippen LogP contribution in [0.1, 0.15) is 36.8 Å². The van der Waals surface area contributed by atoms with Gasteiger partial charge in [-0.15, -0.1) is 0 Å². The first-order chi connectivity index (χ1) is 13.7. The lowest BCUT2D eigenvalue weighted by Crippen LogP contribution is -2.33. The first-order valence-electron chi connectivity index (χ1n) is 9.66. The maximum absolute atomic E-state index is 12.3. The van der Waals surface area contributed by atoms with Gasteiger partial charge in [0.1, 0.15) is 5.75 Å². The molecule has 0 spiro atoms. The summed E-state index contributed by atoms with van der Waals surface area (Å²) in [4.78, 5) is 12.2. The molecule has 1 N–H and O–H groups in total. The number of anilines is 1. The molecule has 1 atom stereocenters. The second kappa shape index (κ2) is 10.3. The Hall–Kier alpha value is -2.54. The second-order valence-corrected chi connectivity index (χ2v) is 9.14. The lowest BCUT2D eigenvalue weighted by Gasteiger charge is -2.24. The maximum atomic E-state index is 12.3. The summed E-state index contributed by atoms with van der Waals surface area (Å²) in [5.41, 5.74) is 2.60. The topological polar surface area (TPSA) is 75.7 Å². The van der Waals surface area contributed by atoms with Crippen LogP contribution in [0.15, 0.2) is 48.5 Å². The average molecular weight is 419 g/mol. The van der Waals surface area contributed by atoms with Crippen LogP contribution in [0.5, 0.6) is 5.75 Å². The number of benzene rings is 2. The normalized spacial score (nSPS) is 12.3. The summed E-state index contributed by atoms with van der Waals surface area (Å²) >= 11 is 0. The van der Waals surface area contributed by atoms with Crippen molar-refractivity contribution in [2.24, 2.45) is 0 Å². The summed E-state index contributed by atoms with van der Waals surface area (Å²) in [5.74, 6) is 0.615. The van der Waals surface area contributed by atoms with E-state index in [0.29, 0.717) is 24.4 Å². The van der Waals surface area contributed by atoms with Crippen molar-refractivity contribution in [2.75, 3.05) is 30.8 Å². The van der Waals surface area contributed by atoms with Gasteiger partial charge in [0.25, 0.3) is 0 Å². The monoisotopic (exact) mass is 418 g/mol. The molecule has 0 unspecified atom stereocenters. The first-order valence-corrected chi connectivity index (χ1v) is 11.5. The fourth-order valence-corrected chi connectivity index (χ4v) is 4.06. The van der Waals surface area contributed by atoms with Crippen molar-refractivity contribution in [3.8, 4) is 5.75 Å². The summed E-state index contributed by atoms with van der Waals surface area (Å²) in [6, 6.07) is 15.4. The lowest BCUT2D eigenvalue weighted by molar-refractivity contribution is -0.121. The molecule has 29 heavy (non-hydrogen) atoms. The van der Waals surface area contributed by atoms with Gasteiger partial charge in [0, 0.05) is 19.5 Å². The standard InChI is InChI=1S/C22H30N2O4S/c1-17-12-13-21(28-3)20(15-17)24(29(4,26)27)14-8-11-22(25)23-16-18(2)19-9-6-5-7-10-19/h5-7,9-10,12-13,15,18H,8,11,14,16H2,1-4H3,(H,23,25)/t18-/m1/s1. The third-order valence-electron chi connectivity index (χ3n) is 4.74. The molecule has 0 heterocycles. The van der Waals surface area contributed by atoms with Gasteiger partial charge in [0.2, 0.25) is 15.9 Å². The third-order valence-corrected chi connectivity index (χ3v) is 5.92. The van der Waals surface area contributed by atoms with Crippen LogP contribution in [0, 0.1) is 6.92 Å². The Kier molecular flexibility index (Phi) is 8.08. The van der Waals surface area contributed by atoms with Gasteiger partial charge in [-0.1, -0.05) is 43.3 Å². The number of carbonyl (C=O) groups excluding carboxylic acids is 1. The molecule has 0 aliphatic rings. The van der Waals surface area contributed by atoms with Gasteiger partial charge in [-0.25, -0.2) is 8.42 Å². The van der Waals surface area contributed by atoms with Crippen LogP contribution in [-0.2, 0) is 14.8 Å². The third kappa shape index (κ3) is 6.78. The second-order valence-electron chi connectivity index (χ2n) is 7.23. The van der Waals surface area contributed by atoms with Crippen LogP contribution in [0.2, 0.25) is 0 Å². The summed E-state index contributed by atoms with van der Waals surface area (Å²) < 4.78 is 31.3. The molecule has 0 saturated heterocycles. The predicted molar refractivity (Wildman–Crippen MR) is 117 cm³/mol. The first kappa shape index (κ1) is 22.7. The Labute approximate surface area is 173 Å². The summed E-state index contributed by atoms with van der Waals surface area (Å²) in [5, 5.41) is 2.93. The molecular weight excluding hydrogens is 388 g/mol. The van der Waals surface area contributed by atoms with Crippen LogP contribution in [0.25, 0.3) is 0 Å². The van der Waals surface area contributed by atoms with Crippen molar-refractivity contribution in [2.45, 2.75) is 32.6 Å². The minimum atomic E-state index is -3.51. The van der Waals surface area contributed by atoms with Crippen molar-refractivity contribution in [1.82, 2.24) is 5.32 Å². The molecule has 0 saturated carbocycles. The van der Waals surface area contributed by atoms with Gasteiger partial charge in [-0.2, -0.15) is 0 Å². The number of ether oxygens (including phenoxy) is 1. The molecule has 0 aliphatic carbocycles. The van der Waals surface area contributed by atoms with E-state index in [2.05, 4.69) is 12.2 Å². The highest BCUT2D eigenvalue weighted by atomic mass is 32.2. The van der Waals surface area contributed by atoms with Crippen molar-refractivity contribution >= 4 is 21.6 Å². The minimum absolute atomic E-state index is 0.0857. The molecule has 0 radical (unpaired) electrons. The van der Waals surface area contributed by atoms with Crippen molar-refractivity contribution in [1.29, 1.82) is 0 Å². The fourth-order valence-electron chi connectivity index (χ4n) is 3.10. The maximum Gasteiger partial charge on any atom is 0.232 e. The molecule has 0 aliphatic heterocycles. The lowest BCUT2D eigenvalue weighted by atomic mass is 10.0. The molecule has 2 aromatic rings. The summed E-state index contributed by atoms with van der Waals surface area (Å²) in [6.45, 7) is 4.71. The number of aryl methyl sites for hydroxylation is 1. The molecule has 158 valence electrons. The number of nitrogens with zero attached hydrogens (tertiary/aromatic N) is 1. The number of methoxy groups -OCH3 is 1. The van der Waals surface area contributed by atoms with Gasteiger partial charge in [-0.05, 0) is 42.5 Å². The highest BCUT2D eigenvalue weighted by Crippen LogP contribution is 2.31. The van der Waals surface area contributed by atoms with Crippen molar-refractivity contribution in [3.63, 3.8) is 0 Å². The van der Waals surface area contributed by atoms with E-state index in [1.54, 1.807) is 12.1 Å². The van der Waals surface area contributed by atoms with Crippen LogP contribution in [0.3, 0.4) is 0 Å².